The summed E-state index contributed by atoms with van der Waals surface area (Å²) < 4.78 is 19.9. The summed E-state index contributed by atoms with van der Waals surface area (Å²) in [6.45, 7) is 2.64. The van der Waals surface area contributed by atoms with Crippen LogP contribution < -0.4 is 10.6 Å². The molecule has 198 valence electrons. The van der Waals surface area contributed by atoms with Crippen LogP contribution in [0.3, 0.4) is 0 Å². The maximum Gasteiger partial charge on any atom is 0.256 e. The number of hydrogen-bond donors (Lipinski definition) is 3. The number of anilines is 1. The molecule has 3 aromatic rings. The van der Waals surface area contributed by atoms with Crippen molar-refractivity contribution in [2.24, 2.45) is 0 Å². The second kappa shape index (κ2) is 11.0. The molecule has 1 aromatic carbocycles. The number of amides is 2. The van der Waals surface area contributed by atoms with E-state index in [1.165, 1.54) is 36.4 Å². The molecule has 1 fully saturated rings. The van der Waals surface area contributed by atoms with Crippen molar-refractivity contribution in [2.75, 3.05) is 18.5 Å². The lowest BCUT2D eigenvalue weighted by molar-refractivity contribution is -0.122. The van der Waals surface area contributed by atoms with Gasteiger partial charge in [0.15, 0.2) is 6.23 Å². The van der Waals surface area contributed by atoms with Crippen LogP contribution in [0.1, 0.15) is 47.4 Å². The SMILES string of the molecule is CC(=O)N[C@@H](c1ncccc1F)C(O)N1Cc2ccc(-c3nc(NC4CCOCC4)ncc3Cl)cc2C1=O. The number of ether oxygens (including phenoxy) is 1. The van der Waals surface area contributed by atoms with Crippen LogP contribution in [0.4, 0.5) is 10.3 Å². The van der Waals surface area contributed by atoms with Gasteiger partial charge in [-0.25, -0.2) is 14.4 Å². The lowest BCUT2D eigenvalue weighted by atomic mass is 10.0. The molecular formula is C26H26ClFN6O4. The van der Waals surface area contributed by atoms with E-state index in [-0.39, 0.29) is 18.3 Å². The van der Waals surface area contributed by atoms with E-state index in [4.69, 9.17) is 16.3 Å². The zero-order chi connectivity index (χ0) is 26.8. The van der Waals surface area contributed by atoms with Crippen molar-refractivity contribution in [1.82, 2.24) is 25.2 Å². The molecule has 2 amide bonds. The average molecular weight is 541 g/mol. The number of halogens is 2. The van der Waals surface area contributed by atoms with Crippen LogP contribution >= 0.6 is 11.6 Å². The number of aliphatic hydroxyl groups excluding tert-OH is 1. The Balaban J connectivity index is 1.40. The van der Waals surface area contributed by atoms with Crippen molar-refractivity contribution < 1.29 is 23.8 Å². The van der Waals surface area contributed by atoms with Gasteiger partial charge in [0.05, 0.1) is 16.9 Å². The standard InChI is InChI=1S/C26H26ClFN6O4/c1-14(35)31-23(22-20(28)3-2-8-29-22)25(37)34-13-16-5-4-15(11-18(16)24(34)36)21-19(27)12-30-26(33-21)32-17-6-9-38-10-7-17/h2-5,8,11-12,17,23,25,37H,6-7,9-10,13H2,1H3,(H,31,35)(H,30,32,33)/t23-,25?/m0/s1. The van der Waals surface area contributed by atoms with Gasteiger partial charge in [-0.2, -0.15) is 0 Å². The van der Waals surface area contributed by atoms with Gasteiger partial charge in [0.1, 0.15) is 17.6 Å². The van der Waals surface area contributed by atoms with Crippen LogP contribution in [-0.4, -0.2) is 62.3 Å². The predicted molar refractivity (Wildman–Crippen MR) is 137 cm³/mol. The van der Waals surface area contributed by atoms with Gasteiger partial charge in [-0.1, -0.05) is 23.7 Å². The number of carbonyl (C=O) groups is 2. The normalized spacial score (nSPS) is 17.2. The Morgan fingerprint density at radius 3 is 2.79 bits per heavy atom. The maximum absolute atomic E-state index is 14.5. The van der Waals surface area contributed by atoms with Gasteiger partial charge in [0.2, 0.25) is 11.9 Å². The fraction of sp³-hybridized carbons (Fsp3) is 0.346. The van der Waals surface area contributed by atoms with E-state index in [1.807, 2.05) is 0 Å². The van der Waals surface area contributed by atoms with E-state index in [0.29, 0.717) is 46.6 Å². The summed E-state index contributed by atoms with van der Waals surface area (Å²) in [6.07, 6.45) is 2.98. The summed E-state index contributed by atoms with van der Waals surface area (Å²) in [5.41, 5.74) is 1.89. The molecule has 0 saturated carbocycles. The van der Waals surface area contributed by atoms with Gasteiger partial charge >= 0.3 is 0 Å². The highest BCUT2D eigenvalue weighted by atomic mass is 35.5. The second-order valence-corrected chi connectivity index (χ2v) is 9.60. The smallest absolute Gasteiger partial charge is 0.256 e. The second-order valence-electron chi connectivity index (χ2n) is 9.19. The summed E-state index contributed by atoms with van der Waals surface area (Å²) >= 11 is 6.42. The van der Waals surface area contributed by atoms with Crippen LogP contribution in [0.15, 0.2) is 42.7 Å². The summed E-state index contributed by atoms with van der Waals surface area (Å²) in [7, 11) is 0. The molecule has 1 saturated heterocycles. The number of aromatic nitrogens is 3. The highest BCUT2D eigenvalue weighted by Crippen LogP contribution is 2.34. The zero-order valence-electron chi connectivity index (χ0n) is 20.5. The first-order valence-corrected chi connectivity index (χ1v) is 12.6. The summed E-state index contributed by atoms with van der Waals surface area (Å²) in [6, 6.07) is 6.71. The molecule has 10 nitrogen and oxygen atoms in total. The van der Waals surface area contributed by atoms with E-state index >= 15 is 0 Å². The maximum atomic E-state index is 14.5. The van der Waals surface area contributed by atoms with Crippen LogP contribution in [-0.2, 0) is 16.1 Å². The molecule has 0 radical (unpaired) electrons. The Kier molecular flexibility index (Phi) is 7.50. The topological polar surface area (TPSA) is 130 Å². The molecular weight excluding hydrogens is 515 g/mol. The molecule has 4 heterocycles. The van der Waals surface area contributed by atoms with Crippen LogP contribution in [0.5, 0.6) is 0 Å². The number of rotatable bonds is 7. The third kappa shape index (κ3) is 5.31. The van der Waals surface area contributed by atoms with E-state index in [1.54, 1.807) is 18.2 Å². The number of aliphatic hydroxyl groups is 1. The number of fused-ring (bicyclic) bond motifs is 1. The number of benzene rings is 1. The molecule has 38 heavy (non-hydrogen) atoms. The quantitative estimate of drug-likeness (QED) is 0.417. The van der Waals surface area contributed by atoms with Gasteiger partial charge < -0.3 is 25.4 Å². The lowest BCUT2D eigenvalue weighted by Crippen LogP contribution is -2.46. The largest absolute Gasteiger partial charge is 0.381 e. The van der Waals surface area contributed by atoms with Gasteiger partial charge in [-0.15, -0.1) is 0 Å². The van der Waals surface area contributed by atoms with E-state index < -0.39 is 29.9 Å². The van der Waals surface area contributed by atoms with Crippen LogP contribution in [0.2, 0.25) is 5.02 Å². The predicted octanol–water partition coefficient (Wildman–Crippen LogP) is 3.07. The minimum atomic E-state index is -1.57. The fourth-order valence-corrected chi connectivity index (χ4v) is 4.86. The first kappa shape index (κ1) is 26.0. The molecule has 0 aliphatic carbocycles. The van der Waals surface area contributed by atoms with Crippen LogP contribution in [0.25, 0.3) is 11.3 Å². The van der Waals surface area contributed by atoms with Gasteiger partial charge in [-0.05, 0) is 36.6 Å². The van der Waals surface area contributed by atoms with E-state index in [0.717, 1.165) is 12.8 Å². The molecule has 1 unspecified atom stereocenters. The first-order valence-electron chi connectivity index (χ1n) is 12.2. The Morgan fingerprint density at radius 2 is 2.05 bits per heavy atom. The Morgan fingerprint density at radius 1 is 1.26 bits per heavy atom. The lowest BCUT2D eigenvalue weighted by Gasteiger charge is -2.30. The molecule has 3 N–H and O–H groups in total. The van der Waals surface area contributed by atoms with Gasteiger partial charge in [0, 0.05) is 50.0 Å². The van der Waals surface area contributed by atoms with Gasteiger partial charge in [0.25, 0.3) is 5.91 Å². The summed E-state index contributed by atoms with van der Waals surface area (Å²) in [5.74, 6) is -1.27. The number of nitrogens with one attached hydrogen (secondary N) is 2. The molecule has 5 rings (SSSR count). The van der Waals surface area contributed by atoms with E-state index in [2.05, 4.69) is 25.6 Å². The minimum Gasteiger partial charge on any atom is -0.381 e. The van der Waals surface area contributed by atoms with Crippen molar-refractivity contribution in [3.63, 3.8) is 0 Å². The molecule has 2 aliphatic rings. The van der Waals surface area contributed by atoms with Gasteiger partial charge in [-0.3, -0.25) is 14.6 Å². The zero-order valence-corrected chi connectivity index (χ0v) is 21.3. The number of hydrogen-bond acceptors (Lipinski definition) is 8. The first-order chi connectivity index (χ1) is 18.3. The Labute approximate surface area is 223 Å². The Hall–Kier alpha value is -3.67. The minimum absolute atomic E-state index is 0.0637. The molecule has 0 spiro atoms. The fourth-order valence-electron chi connectivity index (χ4n) is 4.66. The number of carbonyl (C=O) groups excluding carboxylic acids is 2. The number of nitrogens with zero attached hydrogens (tertiary/aromatic N) is 4. The van der Waals surface area contributed by atoms with Crippen molar-refractivity contribution in [1.29, 1.82) is 0 Å². The van der Waals surface area contributed by atoms with Crippen molar-refractivity contribution in [2.45, 2.75) is 44.6 Å². The third-order valence-corrected chi connectivity index (χ3v) is 6.85. The highest BCUT2D eigenvalue weighted by Gasteiger charge is 2.38. The van der Waals surface area contributed by atoms with Crippen molar-refractivity contribution >= 4 is 29.4 Å². The van der Waals surface area contributed by atoms with E-state index in [9.17, 15) is 19.1 Å². The summed E-state index contributed by atoms with van der Waals surface area (Å²) in [5, 5.41) is 17.3. The summed E-state index contributed by atoms with van der Waals surface area (Å²) in [4.78, 5) is 39.2. The third-order valence-electron chi connectivity index (χ3n) is 6.57. The van der Waals surface area contributed by atoms with Crippen molar-refractivity contribution in [3.05, 3.63) is 70.4 Å². The molecule has 12 heteroatoms. The highest BCUT2D eigenvalue weighted by molar-refractivity contribution is 6.33. The Bertz CT molecular complexity index is 1370. The monoisotopic (exact) mass is 540 g/mol. The average Bonchev–Trinajstić information content (AvgIpc) is 3.24. The number of pyridine rings is 1. The molecule has 0 bridgehead atoms. The molecule has 2 atom stereocenters. The van der Waals surface area contributed by atoms with Crippen molar-refractivity contribution in [3.8, 4) is 11.3 Å². The molecule has 2 aromatic heterocycles. The van der Waals surface area contributed by atoms with Crippen LogP contribution in [0, 0.1) is 5.82 Å². The molecule has 2 aliphatic heterocycles.